The van der Waals surface area contributed by atoms with Gasteiger partial charge in [-0.05, 0) is 31.5 Å². The normalized spacial score (nSPS) is 12.1. The van der Waals surface area contributed by atoms with Crippen LogP contribution < -0.4 is 10.1 Å². The van der Waals surface area contributed by atoms with Gasteiger partial charge in [0, 0.05) is 12.5 Å². The third-order valence-corrected chi connectivity index (χ3v) is 3.24. The zero-order chi connectivity index (χ0) is 18.2. The van der Waals surface area contributed by atoms with Gasteiger partial charge >= 0.3 is 5.97 Å². The second kappa shape index (κ2) is 8.62. The van der Waals surface area contributed by atoms with E-state index in [-0.39, 0.29) is 13.0 Å². The summed E-state index contributed by atoms with van der Waals surface area (Å²) in [6.07, 6.45) is 3.63. The molecule has 0 aliphatic carbocycles. The van der Waals surface area contributed by atoms with Crippen molar-refractivity contribution >= 4 is 11.9 Å². The summed E-state index contributed by atoms with van der Waals surface area (Å²) >= 11 is 0. The minimum absolute atomic E-state index is 0.0987. The summed E-state index contributed by atoms with van der Waals surface area (Å²) in [5, 5.41) is 15.4. The van der Waals surface area contributed by atoms with Crippen LogP contribution in [0.5, 0.6) is 5.75 Å². The minimum Gasteiger partial charge on any atom is -0.485 e. The molecular formula is C17H19N3O5. The lowest BCUT2D eigenvalue weighted by molar-refractivity contribution is -0.139. The number of carboxylic acids is 1. The summed E-state index contributed by atoms with van der Waals surface area (Å²) < 4.78 is 10.4. The number of rotatable bonds is 8. The van der Waals surface area contributed by atoms with Gasteiger partial charge in [0.15, 0.2) is 6.61 Å². The highest BCUT2D eigenvalue weighted by molar-refractivity contribution is 5.96. The molecule has 8 nitrogen and oxygen atoms in total. The first kappa shape index (κ1) is 18.2. The van der Waals surface area contributed by atoms with E-state index in [2.05, 4.69) is 15.5 Å². The number of aliphatic carboxylic acids is 1. The molecule has 1 aromatic carbocycles. The van der Waals surface area contributed by atoms with Crippen molar-refractivity contribution in [1.82, 2.24) is 15.5 Å². The molecule has 8 heteroatoms. The number of amides is 1. The average molecular weight is 345 g/mol. The van der Waals surface area contributed by atoms with Crippen LogP contribution in [0.15, 0.2) is 40.9 Å². The van der Waals surface area contributed by atoms with Gasteiger partial charge in [0.2, 0.25) is 11.7 Å². The molecule has 0 fully saturated rings. The smallest absolute Gasteiger partial charge is 0.326 e. The molecule has 2 N–H and O–H groups in total. The maximum Gasteiger partial charge on any atom is 0.326 e. The molecule has 1 unspecified atom stereocenters. The Morgan fingerprint density at radius 2 is 2.24 bits per heavy atom. The number of ether oxygens (including phenoxy) is 1. The van der Waals surface area contributed by atoms with Crippen LogP contribution >= 0.6 is 0 Å². The second-order valence-electron chi connectivity index (χ2n) is 5.22. The predicted octanol–water partition coefficient (Wildman–Crippen LogP) is 2.11. The van der Waals surface area contributed by atoms with E-state index >= 15 is 0 Å². The van der Waals surface area contributed by atoms with Crippen LogP contribution in [0.25, 0.3) is 0 Å². The Kier molecular flexibility index (Phi) is 6.27. The zero-order valence-corrected chi connectivity index (χ0v) is 13.9. The quantitative estimate of drug-likeness (QED) is 0.704. The van der Waals surface area contributed by atoms with Crippen LogP contribution in [0.2, 0.25) is 0 Å². The van der Waals surface area contributed by atoms with Crippen molar-refractivity contribution in [1.29, 1.82) is 0 Å². The SMILES string of the molecule is C/C=C/CC(NC(=O)c1cccc(OCc2noc(C)n2)c1)C(=O)O. The van der Waals surface area contributed by atoms with Gasteiger partial charge < -0.3 is 19.7 Å². The Hall–Kier alpha value is -3.16. The average Bonchev–Trinajstić information content (AvgIpc) is 3.02. The van der Waals surface area contributed by atoms with Gasteiger partial charge in [-0.25, -0.2) is 4.79 Å². The van der Waals surface area contributed by atoms with Crippen molar-refractivity contribution in [2.24, 2.45) is 0 Å². The molecular weight excluding hydrogens is 326 g/mol. The Morgan fingerprint density at radius 3 is 2.88 bits per heavy atom. The number of carbonyl (C=O) groups excluding carboxylic acids is 1. The molecule has 1 atom stereocenters. The summed E-state index contributed by atoms with van der Waals surface area (Å²) in [7, 11) is 0. The first-order valence-corrected chi connectivity index (χ1v) is 7.66. The molecule has 0 bridgehead atoms. The van der Waals surface area contributed by atoms with Gasteiger partial charge in [-0.3, -0.25) is 4.79 Å². The Bertz CT molecular complexity index is 769. The number of nitrogens with one attached hydrogen (secondary N) is 1. The number of allylic oxidation sites excluding steroid dienone is 1. The van der Waals surface area contributed by atoms with Crippen LogP contribution in [0.4, 0.5) is 0 Å². The fourth-order valence-electron chi connectivity index (χ4n) is 2.01. The van der Waals surface area contributed by atoms with Crippen LogP contribution in [-0.2, 0) is 11.4 Å². The van der Waals surface area contributed by atoms with Crippen molar-refractivity contribution in [2.45, 2.75) is 32.9 Å². The fraction of sp³-hybridized carbons (Fsp3) is 0.294. The summed E-state index contributed by atoms with van der Waals surface area (Å²) in [6, 6.07) is 5.44. The van der Waals surface area contributed by atoms with Crippen LogP contribution in [0.3, 0.4) is 0 Å². The summed E-state index contributed by atoms with van der Waals surface area (Å²) in [5.41, 5.74) is 0.300. The lowest BCUT2D eigenvalue weighted by Crippen LogP contribution is -2.40. The molecule has 1 aromatic heterocycles. The van der Waals surface area contributed by atoms with Crippen LogP contribution in [-0.4, -0.2) is 33.2 Å². The topological polar surface area (TPSA) is 115 Å². The number of carbonyl (C=O) groups is 2. The monoisotopic (exact) mass is 345 g/mol. The lowest BCUT2D eigenvalue weighted by Gasteiger charge is -2.13. The largest absolute Gasteiger partial charge is 0.485 e. The van der Waals surface area contributed by atoms with E-state index in [0.717, 1.165) is 0 Å². The highest BCUT2D eigenvalue weighted by atomic mass is 16.5. The third kappa shape index (κ3) is 5.45. The Morgan fingerprint density at radius 1 is 1.44 bits per heavy atom. The number of benzene rings is 1. The third-order valence-electron chi connectivity index (χ3n) is 3.24. The zero-order valence-electron chi connectivity index (χ0n) is 13.9. The molecule has 0 radical (unpaired) electrons. The van der Waals surface area contributed by atoms with E-state index in [1.165, 1.54) is 6.07 Å². The van der Waals surface area contributed by atoms with Crippen molar-refractivity contribution < 1.29 is 24.0 Å². The van der Waals surface area contributed by atoms with Crippen molar-refractivity contribution in [3.8, 4) is 5.75 Å². The molecule has 0 spiro atoms. The first-order chi connectivity index (χ1) is 12.0. The van der Waals surface area contributed by atoms with E-state index in [9.17, 15) is 9.59 Å². The Balaban J connectivity index is 2.01. The molecule has 2 aromatic rings. The Labute approximate surface area is 144 Å². The van der Waals surface area contributed by atoms with Crippen molar-refractivity contribution in [3.63, 3.8) is 0 Å². The van der Waals surface area contributed by atoms with Gasteiger partial charge in [-0.15, -0.1) is 0 Å². The number of hydrogen-bond acceptors (Lipinski definition) is 6. The molecule has 0 aliphatic rings. The van der Waals surface area contributed by atoms with Crippen LogP contribution in [0.1, 0.15) is 35.4 Å². The minimum atomic E-state index is -1.09. The van der Waals surface area contributed by atoms with E-state index in [1.54, 1.807) is 44.2 Å². The van der Waals surface area contributed by atoms with Gasteiger partial charge in [0.25, 0.3) is 5.91 Å². The number of aryl methyl sites for hydroxylation is 1. The fourth-order valence-corrected chi connectivity index (χ4v) is 2.01. The summed E-state index contributed by atoms with van der Waals surface area (Å²) in [6.45, 7) is 3.56. The van der Waals surface area contributed by atoms with Crippen LogP contribution in [0, 0.1) is 6.92 Å². The van der Waals surface area contributed by atoms with Gasteiger partial charge in [0.05, 0.1) is 0 Å². The van der Waals surface area contributed by atoms with Gasteiger partial charge in [-0.1, -0.05) is 23.4 Å². The maximum absolute atomic E-state index is 12.3. The number of hydrogen-bond donors (Lipinski definition) is 2. The van der Waals surface area contributed by atoms with Crippen molar-refractivity contribution in [2.75, 3.05) is 0 Å². The summed E-state index contributed by atoms with van der Waals surface area (Å²) in [4.78, 5) is 27.5. The maximum atomic E-state index is 12.3. The van der Waals surface area contributed by atoms with Crippen molar-refractivity contribution in [3.05, 3.63) is 53.7 Å². The molecule has 0 saturated carbocycles. The van der Waals surface area contributed by atoms with E-state index in [1.807, 2.05) is 0 Å². The first-order valence-electron chi connectivity index (χ1n) is 7.66. The molecule has 1 heterocycles. The second-order valence-corrected chi connectivity index (χ2v) is 5.22. The highest BCUT2D eigenvalue weighted by Gasteiger charge is 2.19. The van der Waals surface area contributed by atoms with Gasteiger partial charge in [-0.2, -0.15) is 4.98 Å². The molecule has 2 rings (SSSR count). The predicted molar refractivity (Wildman–Crippen MR) is 88.1 cm³/mol. The molecule has 0 saturated heterocycles. The highest BCUT2D eigenvalue weighted by Crippen LogP contribution is 2.15. The van der Waals surface area contributed by atoms with E-state index in [4.69, 9.17) is 14.4 Å². The number of aromatic nitrogens is 2. The van der Waals surface area contributed by atoms with Gasteiger partial charge in [0.1, 0.15) is 11.8 Å². The number of nitrogens with zero attached hydrogens (tertiary/aromatic N) is 2. The standard InChI is InChI=1S/C17H19N3O5/c1-3-4-8-14(17(22)23)19-16(21)12-6-5-7-13(9-12)24-10-15-18-11(2)25-20-15/h3-7,9,14H,8,10H2,1-2H3,(H,19,21)(H,22,23)/b4-3+. The lowest BCUT2D eigenvalue weighted by atomic mass is 10.1. The molecule has 132 valence electrons. The number of carboxylic acid groups (broad SMARTS) is 1. The molecule has 1 amide bonds. The summed E-state index contributed by atoms with van der Waals surface area (Å²) in [5.74, 6) is -0.309. The molecule has 25 heavy (non-hydrogen) atoms. The van der Waals surface area contributed by atoms with E-state index in [0.29, 0.717) is 23.0 Å². The molecule has 0 aliphatic heterocycles. The van der Waals surface area contributed by atoms with E-state index < -0.39 is 17.9 Å².